The minimum Gasteiger partial charge on any atom is -0.496 e. The molecule has 1 saturated heterocycles. The SMILES string of the molecule is COc1ccccc1C(=O)Nc1ccc(Oc2ccc3c(c2)C(=O)N(CC2CCCO2)C3=O)cc1. The third kappa shape index (κ3) is 4.61. The number of methoxy groups -OCH3 is 1. The zero-order valence-electron chi connectivity index (χ0n) is 19.2. The standard InChI is InChI=1S/C27H24N2O6/c1-33-24-7-3-2-6-22(24)25(30)28-17-8-10-18(11-9-17)35-19-12-13-21-23(15-19)27(32)29(26(21)31)16-20-5-4-14-34-20/h2-3,6-13,15,20H,4-5,14,16H2,1H3,(H,28,30). The van der Waals surface area contributed by atoms with Gasteiger partial charge in [0.2, 0.25) is 0 Å². The number of benzene rings is 3. The van der Waals surface area contributed by atoms with Crippen LogP contribution in [0, 0.1) is 0 Å². The van der Waals surface area contributed by atoms with Gasteiger partial charge in [0.1, 0.15) is 17.2 Å². The van der Waals surface area contributed by atoms with Crippen molar-refractivity contribution < 1.29 is 28.6 Å². The van der Waals surface area contributed by atoms with Gasteiger partial charge in [-0.1, -0.05) is 12.1 Å². The molecular formula is C27H24N2O6. The van der Waals surface area contributed by atoms with Gasteiger partial charge in [-0.3, -0.25) is 19.3 Å². The first-order valence-corrected chi connectivity index (χ1v) is 11.4. The van der Waals surface area contributed by atoms with Crippen LogP contribution in [0.15, 0.2) is 66.7 Å². The topological polar surface area (TPSA) is 94.2 Å². The highest BCUT2D eigenvalue weighted by atomic mass is 16.5. The van der Waals surface area contributed by atoms with Crippen molar-refractivity contribution in [2.24, 2.45) is 0 Å². The van der Waals surface area contributed by atoms with Gasteiger partial charge >= 0.3 is 0 Å². The Morgan fingerprint density at radius 3 is 2.49 bits per heavy atom. The summed E-state index contributed by atoms with van der Waals surface area (Å²) in [5.41, 5.74) is 1.72. The van der Waals surface area contributed by atoms with Crippen LogP contribution in [0.4, 0.5) is 5.69 Å². The molecule has 0 bridgehead atoms. The number of para-hydroxylation sites is 1. The molecule has 1 N–H and O–H groups in total. The second kappa shape index (κ2) is 9.60. The second-order valence-corrected chi connectivity index (χ2v) is 8.34. The summed E-state index contributed by atoms with van der Waals surface area (Å²) in [6.07, 6.45) is 1.68. The number of rotatable bonds is 7. The molecule has 178 valence electrons. The Balaban J connectivity index is 1.25. The molecule has 1 atom stereocenters. The number of nitrogens with zero attached hydrogens (tertiary/aromatic N) is 1. The van der Waals surface area contributed by atoms with Gasteiger partial charge in [-0.05, 0) is 67.4 Å². The fourth-order valence-electron chi connectivity index (χ4n) is 4.26. The maximum absolute atomic E-state index is 12.9. The smallest absolute Gasteiger partial charge is 0.261 e. The van der Waals surface area contributed by atoms with Crippen molar-refractivity contribution in [3.8, 4) is 17.2 Å². The highest BCUT2D eigenvalue weighted by Gasteiger charge is 2.37. The van der Waals surface area contributed by atoms with Crippen LogP contribution in [0.3, 0.4) is 0 Å². The molecule has 0 radical (unpaired) electrons. The van der Waals surface area contributed by atoms with Gasteiger partial charge in [-0.15, -0.1) is 0 Å². The molecule has 2 aliphatic heterocycles. The van der Waals surface area contributed by atoms with E-state index in [-0.39, 0.29) is 30.4 Å². The molecule has 1 fully saturated rings. The Morgan fingerprint density at radius 2 is 1.74 bits per heavy atom. The van der Waals surface area contributed by atoms with Crippen LogP contribution in [0.1, 0.15) is 43.9 Å². The molecule has 3 aromatic carbocycles. The number of carbonyl (C=O) groups excluding carboxylic acids is 3. The number of hydrogen-bond donors (Lipinski definition) is 1. The summed E-state index contributed by atoms with van der Waals surface area (Å²) >= 11 is 0. The fourth-order valence-corrected chi connectivity index (χ4v) is 4.26. The number of hydrogen-bond acceptors (Lipinski definition) is 6. The molecule has 1 unspecified atom stereocenters. The van der Waals surface area contributed by atoms with Crippen molar-refractivity contribution in [2.75, 3.05) is 25.6 Å². The van der Waals surface area contributed by atoms with Gasteiger partial charge < -0.3 is 19.5 Å². The lowest BCUT2D eigenvalue weighted by Gasteiger charge is -2.17. The quantitative estimate of drug-likeness (QED) is 0.509. The van der Waals surface area contributed by atoms with E-state index in [1.165, 1.54) is 12.0 Å². The lowest BCUT2D eigenvalue weighted by molar-refractivity contribution is 0.0475. The van der Waals surface area contributed by atoms with E-state index in [4.69, 9.17) is 14.2 Å². The zero-order chi connectivity index (χ0) is 24.4. The predicted octanol–water partition coefficient (Wildman–Crippen LogP) is 4.51. The van der Waals surface area contributed by atoms with E-state index in [0.717, 1.165) is 12.8 Å². The summed E-state index contributed by atoms with van der Waals surface area (Å²) in [6.45, 7) is 0.930. The summed E-state index contributed by atoms with van der Waals surface area (Å²) in [5.74, 6) is 0.528. The maximum Gasteiger partial charge on any atom is 0.261 e. The van der Waals surface area contributed by atoms with E-state index in [2.05, 4.69) is 5.32 Å². The molecule has 0 aliphatic carbocycles. The number of ether oxygens (including phenoxy) is 3. The van der Waals surface area contributed by atoms with Crippen molar-refractivity contribution >= 4 is 23.4 Å². The van der Waals surface area contributed by atoms with E-state index < -0.39 is 0 Å². The number of fused-ring (bicyclic) bond motifs is 1. The van der Waals surface area contributed by atoms with Crippen LogP contribution >= 0.6 is 0 Å². The Labute approximate surface area is 202 Å². The van der Waals surface area contributed by atoms with Gasteiger partial charge in [-0.2, -0.15) is 0 Å². The molecule has 2 aliphatic rings. The van der Waals surface area contributed by atoms with E-state index in [0.29, 0.717) is 46.2 Å². The molecule has 8 nitrogen and oxygen atoms in total. The van der Waals surface area contributed by atoms with Gasteiger partial charge in [-0.25, -0.2) is 0 Å². The van der Waals surface area contributed by atoms with Crippen LogP contribution < -0.4 is 14.8 Å². The minimum absolute atomic E-state index is 0.102. The van der Waals surface area contributed by atoms with Gasteiger partial charge in [0.15, 0.2) is 0 Å². The number of carbonyl (C=O) groups is 3. The average molecular weight is 472 g/mol. The van der Waals surface area contributed by atoms with Gasteiger partial charge in [0.25, 0.3) is 17.7 Å². The van der Waals surface area contributed by atoms with E-state index in [1.807, 2.05) is 0 Å². The monoisotopic (exact) mass is 472 g/mol. The largest absolute Gasteiger partial charge is 0.496 e. The molecule has 0 spiro atoms. The fraction of sp³-hybridized carbons (Fsp3) is 0.222. The lowest BCUT2D eigenvalue weighted by Crippen LogP contribution is -2.36. The zero-order valence-corrected chi connectivity index (χ0v) is 19.2. The first-order chi connectivity index (χ1) is 17.0. The van der Waals surface area contributed by atoms with Gasteiger partial charge in [0.05, 0.1) is 36.4 Å². The van der Waals surface area contributed by atoms with E-state index >= 15 is 0 Å². The highest BCUT2D eigenvalue weighted by molar-refractivity contribution is 6.21. The third-order valence-electron chi connectivity index (χ3n) is 6.05. The molecule has 0 aromatic heterocycles. The number of amides is 3. The summed E-state index contributed by atoms with van der Waals surface area (Å²) in [7, 11) is 1.52. The van der Waals surface area contributed by atoms with E-state index in [9.17, 15) is 14.4 Å². The van der Waals surface area contributed by atoms with Crippen LogP contribution in [0.2, 0.25) is 0 Å². The van der Waals surface area contributed by atoms with Crippen LogP contribution in [-0.4, -0.2) is 49.0 Å². The van der Waals surface area contributed by atoms with Crippen LogP contribution in [0.5, 0.6) is 17.2 Å². The molecule has 0 saturated carbocycles. The van der Waals surface area contributed by atoms with Crippen molar-refractivity contribution in [1.82, 2.24) is 4.90 Å². The Bertz CT molecular complexity index is 1280. The average Bonchev–Trinajstić information content (AvgIpc) is 3.48. The highest BCUT2D eigenvalue weighted by Crippen LogP contribution is 2.31. The number of nitrogens with one attached hydrogen (secondary N) is 1. The first kappa shape index (κ1) is 22.6. The normalized spacial score (nSPS) is 16.8. The Hall–Kier alpha value is -4.17. The molecular weight excluding hydrogens is 448 g/mol. The number of imide groups is 1. The second-order valence-electron chi connectivity index (χ2n) is 8.34. The predicted molar refractivity (Wildman–Crippen MR) is 128 cm³/mol. The molecule has 35 heavy (non-hydrogen) atoms. The molecule has 2 heterocycles. The number of anilines is 1. The lowest BCUT2D eigenvalue weighted by atomic mass is 10.1. The van der Waals surface area contributed by atoms with Crippen LogP contribution in [0.25, 0.3) is 0 Å². The maximum atomic E-state index is 12.9. The van der Waals surface area contributed by atoms with Crippen molar-refractivity contribution in [3.63, 3.8) is 0 Å². The first-order valence-electron chi connectivity index (χ1n) is 11.4. The van der Waals surface area contributed by atoms with Gasteiger partial charge in [0, 0.05) is 12.3 Å². The minimum atomic E-state index is -0.333. The summed E-state index contributed by atoms with van der Waals surface area (Å²) < 4.78 is 16.7. The molecule has 3 amide bonds. The third-order valence-corrected chi connectivity index (χ3v) is 6.05. The summed E-state index contributed by atoms with van der Waals surface area (Å²) in [5, 5.41) is 2.83. The molecule has 3 aromatic rings. The molecule has 5 rings (SSSR count). The Kier molecular flexibility index (Phi) is 6.20. The van der Waals surface area contributed by atoms with E-state index in [1.54, 1.807) is 66.7 Å². The molecule has 8 heteroatoms. The van der Waals surface area contributed by atoms with Crippen molar-refractivity contribution in [1.29, 1.82) is 0 Å². The summed E-state index contributed by atoms with van der Waals surface area (Å²) in [4.78, 5) is 39.4. The van der Waals surface area contributed by atoms with Crippen molar-refractivity contribution in [3.05, 3.63) is 83.4 Å². The van der Waals surface area contributed by atoms with Crippen molar-refractivity contribution in [2.45, 2.75) is 18.9 Å². The Morgan fingerprint density at radius 1 is 1.00 bits per heavy atom. The summed E-state index contributed by atoms with van der Waals surface area (Å²) in [6, 6.07) is 18.7. The van der Waals surface area contributed by atoms with Crippen LogP contribution in [-0.2, 0) is 4.74 Å².